The van der Waals surface area contributed by atoms with Gasteiger partial charge in [-0.05, 0) is 75.8 Å². The highest BCUT2D eigenvalue weighted by atomic mass is 15.2. The molecule has 8 aromatic rings. The molecule has 0 saturated heterocycles. The van der Waals surface area contributed by atoms with Crippen LogP contribution in [0.2, 0.25) is 0 Å². The monoisotopic (exact) mass is 668 g/mol. The van der Waals surface area contributed by atoms with Crippen molar-refractivity contribution in [3.05, 3.63) is 193 Å². The van der Waals surface area contributed by atoms with Gasteiger partial charge in [-0.1, -0.05) is 153 Å². The molecule has 1 aliphatic heterocycles. The fourth-order valence-electron chi connectivity index (χ4n) is 7.39. The number of hydrogen-bond acceptors (Lipinski definition) is 4. The van der Waals surface area contributed by atoms with Gasteiger partial charge in [-0.2, -0.15) is 0 Å². The van der Waals surface area contributed by atoms with E-state index in [0.717, 1.165) is 33.5 Å². The standard InChI is InChI=1S/C48H36N4/c1-48(2)41-26-12-13-27-43(41)52(40-24-10-5-11-25-40)44-29-28-38(32-42(44)48)36-21-14-20-35(30-36)37-22-15-23-39(31-37)47-50-45(33-16-6-3-7-17-33)49-46(51-47)34-18-8-4-9-19-34/h3-32H,1-2H3. The van der Waals surface area contributed by atoms with E-state index in [1.165, 1.54) is 33.6 Å². The zero-order valence-corrected chi connectivity index (χ0v) is 29.1. The van der Waals surface area contributed by atoms with E-state index in [1.54, 1.807) is 0 Å². The Kier molecular flexibility index (Phi) is 7.78. The van der Waals surface area contributed by atoms with Gasteiger partial charge in [-0.25, -0.2) is 15.0 Å². The van der Waals surface area contributed by atoms with Crippen molar-refractivity contribution >= 4 is 17.1 Å². The summed E-state index contributed by atoms with van der Waals surface area (Å²) in [6.45, 7) is 4.68. The molecule has 52 heavy (non-hydrogen) atoms. The van der Waals surface area contributed by atoms with Crippen LogP contribution in [-0.4, -0.2) is 15.0 Å². The summed E-state index contributed by atoms with van der Waals surface area (Å²) < 4.78 is 0. The average Bonchev–Trinajstić information content (AvgIpc) is 3.22. The van der Waals surface area contributed by atoms with Crippen molar-refractivity contribution in [2.75, 3.05) is 4.90 Å². The minimum Gasteiger partial charge on any atom is -0.310 e. The topological polar surface area (TPSA) is 41.9 Å². The fourth-order valence-corrected chi connectivity index (χ4v) is 7.39. The van der Waals surface area contributed by atoms with Crippen LogP contribution >= 0.6 is 0 Å². The molecule has 4 heteroatoms. The first-order chi connectivity index (χ1) is 25.5. The Hall–Kier alpha value is -6.65. The molecule has 0 radical (unpaired) electrons. The van der Waals surface area contributed by atoms with E-state index < -0.39 is 0 Å². The third-order valence-corrected chi connectivity index (χ3v) is 10.1. The predicted molar refractivity (Wildman–Crippen MR) is 214 cm³/mol. The van der Waals surface area contributed by atoms with E-state index >= 15 is 0 Å². The van der Waals surface area contributed by atoms with Crippen LogP contribution in [0.3, 0.4) is 0 Å². The molecular formula is C48H36N4. The van der Waals surface area contributed by atoms with Gasteiger partial charge in [0.05, 0.1) is 11.4 Å². The molecule has 0 saturated carbocycles. The smallest absolute Gasteiger partial charge is 0.164 e. The maximum atomic E-state index is 4.97. The van der Waals surface area contributed by atoms with Crippen molar-refractivity contribution < 1.29 is 0 Å². The summed E-state index contributed by atoms with van der Waals surface area (Å²) in [7, 11) is 0. The van der Waals surface area contributed by atoms with E-state index in [1.807, 2.05) is 60.7 Å². The average molecular weight is 669 g/mol. The molecule has 1 aliphatic rings. The molecule has 0 fully saturated rings. The van der Waals surface area contributed by atoms with Crippen LogP contribution in [0.15, 0.2) is 182 Å². The first-order valence-corrected chi connectivity index (χ1v) is 17.7. The van der Waals surface area contributed by atoms with Gasteiger partial charge in [0.2, 0.25) is 0 Å². The largest absolute Gasteiger partial charge is 0.310 e. The van der Waals surface area contributed by atoms with Crippen LogP contribution in [0, 0.1) is 0 Å². The molecule has 4 nitrogen and oxygen atoms in total. The number of aromatic nitrogens is 3. The SMILES string of the molecule is CC1(C)c2ccccc2N(c2ccccc2)c2ccc(-c3cccc(-c4cccc(-c5nc(-c6ccccc6)nc(-c6ccccc6)n5)c4)c3)cc21. The van der Waals surface area contributed by atoms with Gasteiger partial charge >= 0.3 is 0 Å². The lowest BCUT2D eigenvalue weighted by molar-refractivity contribution is 0.632. The Morgan fingerprint density at radius 2 is 0.769 bits per heavy atom. The Bertz CT molecular complexity index is 2490. The summed E-state index contributed by atoms with van der Waals surface area (Å²) in [5, 5.41) is 0. The quantitative estimate of drug-likeness (QED) is 0.177. The van der Waals surface area contributed by atoms with Gasteiger partial charge in [0.25, 0.3) is 0 Å². The van der Waals surface area contributed by atoms with E-state index in [2.05, 4.69) is 140 Å². The molecule has 9 rings (SSSR count). The summed E-state index contributed by atoms with van der Waals surface area (Å²) in [4.78, 5) is 17.2. The van der Waals surface area contributed by atoms with Crippen molar-refractivity contribution in [2.24, 2.45) is 0 Å². The van der Waals surface area contributed by atoms with Gasteiger partial charge in [-0.15, -0.1) is 0 Å². The summed E-state index contributed by atoms with van der Waals surface area (Å²) in [6.07, 6.45) is 0. The molecule has 0 N–H and O–H groups in total. The molecule has 248 valence electrons. The summed E-state index contributed by atoms with van der Waals surface area (Å²) in [5.41, 5.74) is 13.5. The zero-order valence-electron chi connectivity index (χ0n) is 29.1. The predicted octanol–water partition coefficient (Wildman–Crippen LogP) is 12.3. The fraction of sp³-hybridized carbons (Fsp3) is 0.0625. The van der Waals surface area contributed by atoms with Crippen LogP contribution in [-0.2, 0) is 5.41 Å². The molecule has 0 unspecified atom stereocenters. The normalized spacial score (nSPS) is 12.9. The van der Waals surface area contributed by atoms with Crippen LogP contribution in [0.25, 0.3) is 56.4 Å². The van der Waals surface area contributed by atoms with E-state index in [0.29, 0.717) is 17.5 Å². The Labute approximate surface area is 304 Å². The number of nitrogens with zero attached hydrogens (tertiary/aromatic N) is 4. The molecule has 2 heterocycles. The lowest BCUT2D eigenvalue weighted by Crippen LogP contribution is -2.30. The minimum absolute atomic E-state index is 0.180. The molecule has 7 aromatic carbocycles. The van der Waals surface area contributed by atoms with Crippen molar-refractivity contribution in [3.63, 3.8) is 0 Å². The lowest BCUT2D eigenvalue weighted by atomic mass is 9.73. The second-order valence-electron chi connectivity index (χ2n) is 13.7. The van der Waals surface area contributed by atoms with E-state index in [-0.39, 0.29) is 5.41 Å². The molecule has 0 spiro atoms. The first-order valence-electron chi connectivity index (χ1n) is 17.7. The molecule has 1 aromatic heterocycles. The van der Waals surface area contributed by atoms with E-state index in [4.69, 9.17) is 15.0 Å². The lowest BCUT2D eigenvalue weighted by Gasteiger charge is -2.42. The van der Waals surface area contributed by atoms with Gasteiger partial charge < -0.3 is 4.90 Å². The number of hydrogen-bond donors (Lipinski definition) is 0. The highest BCUT2D eigenvalue weighted by Crippen LogP contribution is 2.52. The van der Waals surface area contributed by atoms with Crippen molar-refractivity contribution in [2.45, 2.75) is 19.3 Å². The minimum atomic E-state index is -0.180. The number of fused-ring (bicyclic) bond motifs is 2. The molecule has 0 atom stereocenters. The first kappa shape index (κ1) is 31.3. The molecule has 0 aliphatic carbocycles. The second-order valence-corrected chi connectivity index (χ2v) is 13.7. The Balaban J connectivity index is 1.11. The van der Waals surface area contributed by atoms with Crippen molar-refractivity contribution in [1.82, 2.24) is 15.0 Å². The Morgan fingerprint density at radius 1 is 0.346 bits per heavy atom. The number of rotatable bonds is 6. The highest BCUT2D eigenvalue weighted by molar-refractivity contribution is 5.88. The van der Waals surface area contributed by atoms with Gasteiger partial charge in [0.15, 0.2) is 17.5 Å². The summed E-state index contributed by atoms with van der Waals surface area (Å²) in [6, 6.07) is 63.9. The molecule has 0 bridgehead atoms. The van der Waals surface area contributed by atoms with Crippen molar-refractivity contribution in [1.29, 1.82) is 0 Å². The van der Waals surface area contributed by atoms with Crippen molar-refractivity contribution in [3.8, 4) is 56.4 Å². The molecular weight excluding hydrogens is 633 g/mol. The van der Waals surface area contributed by atoms with Crippen LogP contribution in [0.5, 0.6) is 0 Å². The van der Waals surface area contributed by atoms with Crippen LogP contribution in [0.1, 0.15) is 25.0 Å². The summed E-state index contributed by atoms with van der Waals surface area (Å²) in [5.74, 6) is 1.95. The van der Waals surface area contributed by atoms with Gasteiger partial charge in [0.1, 0.15) is 0 Å². The van der Waals surface area contributed by atoms with Crippen LogP contribution < -0.4 is 4.90 Å². The third kappa shape index (κ3) is 5.65. The molecule has 0 amide bonds. The maximum absolute atomic E-state index is 4.97. The third-order valence-electron chi connectivity index (χ3n) is 10.1. The summed E-state index contributed by atoms with van der Waals surface area (Å²) >= 11 is 0. The van der Waals surface area contributed by atoms with Gasteiger partial charge in [-0.3, -0.25) is 0 Å². The van der Waals surface area contributed by atoms with Crippen LogP contribution in [0.4, 0.5) is 17.1 Å². The number of benzene rings is 7. The van der Waals surface area contributed by atoms with Gasteiger partial charge in [0, 0.05) is 27.8 Å². The number of anilines is 3. The van der Waals surface area contributed by atoms with E-state index in [9.17, 15) is 0 Å². The second kappa shape index (κ2) is 12.9. The maximum Gasteiger partial charge on any atom is 0.164 e. The Morgan fingerprint density at radius 3 is 1.37 bits per heavy atom. The highest BCUT2D eigenvalue weighted by Gasteiger charge is 2.36. The zero-order chi connectivity index (χ0) is 35.1. The number of para-hydroxylation sites is 2.